The Morgan fingerprint density at radius 1 is 1.03 bits per heavy atom. The molecule has 8 nitrogen and oxygen atoms in total. The molecule has 6 aromatic heterocycles. The first kappa shape index (κ1) is 19.4. The van der Waals surface area contributed by atoms with Crippen molar-refractivity contribution in [2.24, 2.45) is 0 Å². The van der Waals surface area contributed by atoms with E-state index in [2.05, 4.69) is 42.2 Å². The molecule has 2 N–H and O–H groups in total. The van der Waals surface area contributed by atoms with Gasteiger partial charge >= 0.3 is 0 Å². The number of hydrogen-bond acceptors (Lipinski definition) is 6. The third-order valence-electron chi connectivity index (χ3n) is 5.62. The number of fused-ring (bicyclic) bond motifs is 2. The van der Waals surface area contributed by atoms with Crippen molar-refractivity contribution in [1.82, 2.24) is 35.0 Å². The van der Waals surface area contributed by atoms with Crippen LogP contribution < -0.4 is 0 Å². The van der Waals surface area contributed by atoms with E-state index in [1.165, 1.54) is 0 Å². The quantitative estimate of drug-likeness (QED) is 0.400. The van der Waals surface area contributed by atoms with Crippen molar-refractivity contribution in [2.45, 2.75) is 6.54 Å². The Morgan fingerprint density at radius 3 is 2.82 bits per heavy atom. The van der Waals surface area contributed by atoms with Gasteiger partial charge in [0.1, 0.15) is 16.9 Å². The Kier molecular flexibility index (Phi) is 4.51. The molecular weight excluding hydrogens is 414 g/mol. The standard InChI is InChI=1S/C25H21N7O/c1-32(2)13-15-9-17(12-26-11-15)20-3-4-21-23(28-20)24(31-30-21)22-10-19-18(16-6-8-33-14-16)5-7-27-25(19)29-22/h3-12,14H,13H2,1-2H3,(H,27,29)(H,30,31). The van der Waals surface area contributed by atoms with E-state index >= 15 is 0 Å². The van der Waals surface area contributed by atoms with Crippen LogP contribution >= 0.6 is 0 Å². The fourth-order valence-corrected chi connectivity index (χ4v) is 4.15. The normalized spacial score (nSPS) is 11.7. The van der Waals surface area contributed by atoms with E-state index < -0.39 is 0 Å². The predicted molar refractivity (Wildman–Crippen MR) is 127 cm³/mol. The van der Waals surface area contributed by atoms with E-state index in [-0.39, 0.29) is 0 Å². The minimum absolute atomic E-state index is 0.750. The van der Waals surface area contributed by atoms with Gasteiger partial charge in [0.2, 0.25) is 0 Å². The van der Waals surface area contributed by atoms with Crippen LogP contribution in [0.3, 0.4) is 0 Å². The van der Waals surface area contributed by atoms with Crippen molar-refractivity contribution < 1.29 is 4.42 Å². The average Bonchev–Trinajstić information content (AvgIpc) is 3.57. The lowest BCUT2D eigenvalue weighted by Crippen LogP contribution is -2.10. The summed E-state index contributed by atoms with van der Waals surface area (Å²) in [6.07, 6.45) is 8.93. The lowest BCUT2D eigenvalue weighted by molar-refractivity contribution is 0.402. The third-order valence-corrected chi connectivity index (χ3v) is 5.62. The van der Waals surface area contributed by atoms with E-state index in [1.54, 1.807) is 18.7 Å². The van der Waals surface area contributed by atoms with E-state index in [0.29, 0.717) is 0 Å². The molecule has 0 amide bonds. The number of H-pyrrole nitrogens is 2. The van der Waals surface area contributed by atoms with Crippen molar-refractivity contribution in [1.29, 1.82) is 0 Å². The fraction of sp³-hybridized carbons (Fsp3) is 0.120. The highest BCUT2D eigenvalue weighted by Crippen LogP contribution is 2.33. The van der Waals surface area contributed by atoms with Crippen LogP contribution in [-0.2, 0) is 6.54 Å². The smallest absolute Gasteiger partial charge is 0.138 e. The lowest BCUT2D eigenvalue weighted by atomic mass is 10.1. The molecule has 6 aromatic rings. The van der Waals surface area contributed by atoms with Gasteiger partial charge in [0.25, 0.3) is 0 Å². The number of nitrogens with one attached hydrogen (secondary N) is 2. The molecule has 162 valence electrons. The van der Waals surface area contributed by atoms with Crippen molar-refractivity contribution in [3.8, 4) is 33.8 Å². The number of hydrogen-bond donors (Lipinski definition) is 2. The summed E-state index contributed by atoms with van der Waals surface area (Å²) in [6.45, 7) is 0.821. The highest BCUT2D eigenvalue weighted by Gasteiger charge is 2.16. The SMILES string of the molecule is CN(C)Cc1cncc(-c2ccc3[nH]nc(-c4cc5c(-c6ccoc6)ccnc5[nH]4)c3n2)c1. The molecule has 0 aliphatic heterocycles. The summed E-state index contributed by atoms with van der Waals surface area (Å²) in [5.41, 5.74) is 9.07. The molecule has 0 aromatic carbocycles. The maximum Gasteiger partial charge on any atom is 0.138 e. The van der Waals surface area contributed by atoms with Crippen LogP contribution in [0.15, 0.2) is 71.9 Å². The molecule has 0 aliphatic rings. The molecule has 8 heteroatoms. The first-order chi connectivity index (χ1) is 16.2. The van der Waals surface area contributed by atoms with Crippen LogP contribution in [0.5, 0.6) is 0 Å². The van der Waals surface area contributed by atoms with E-state index in [1.807, 2.05) is 50.8 Å². The Bertz CT molecular complexity index is 1580. The van der Waals surface area contributed by atoms with Gasteiger partial charge in [0.15, 0.2) is 0 Å². The van der Waals surface area contributed by atoms with Gasteiger partial charge in [-0.3, -0.25) is 10.1 Å². The summed E-state index contributed by atoms with van der Waals surface area (Å²) in [5, 5.41) is 8.66. The summed E-state index contributed by atoms with van der Waals surface area (Å²) in [5.74, 6) is 0. The summed E-state index contributed by atoms with van der Waals surface area (Å²) >= 11 is 0. The number of aromatic amines is 2. The molecule has 0 unspecified atom stereocenters. The summed E-state index contributed by atoms with van der Waals surface area (Å²) < 4.78 is 5.27. The van der Waals surface area contributed by atoms with Crippen LogP contribution in [0.4, 0.5) is 0 Å². The van der Waals surface area contributed by atoms with Gasteiger partial charge in [-0.2, -0.15) is 5.10 Å². The molecular formula is C25H21N7O. The first-order valence-corrected chi connectivity index (χ1v) is 10.6. The van der Waals surface area contributed by atoms with Crippen LogP contribution in [-0.4, -0.2) is 49.1 Å². The number of pyridine rings is 3. The average molecular weight is 435 g/mol. The Balaban J connectivity index is 1.45. The highest BCUT2D eigenvalue weighted by atomic mass is 16.3. The van der Waals surface area contributed by atoms with Crippen LogP contribution in [0.1, 0.15) is 5.56 Å². The fourth-order valence-electron chi connectivity index (χ4n) is 4.15. The van der Waals surface area contributed by atoms with Crippen LogP contribution in [0.25, 0.3) is 55.8 Å². The Hall–Kier alpha value is -4.30. The van der Waals surface area contributed by atoms with Crippen molar-refractivity contribution in [3.05, 3.63) is 73.1 Å². The zero-order valence-electron chi connectivity index (χ0n) is 18.2. The Labute approximate surface area is 189 Å². The van der Waals surface area contributed by atoms with E-state index in [9.17, 15) is 0 Å². The molecule has 6 rings (SSSR count). The van der Waals surface area contributed by atoms with Crippen molar-refractivity contribution in [3.63, 3.8) is 0 Å². The molecule has 0 spiro atoms. The second kappa shape index (κ2) is 7.68. The minimum Gasteiger partial charge on any atom is -0.472 e. The number of furan rings is 1. The van der Waals surface area contributed by atoms with Crippen molar-refractivity contribution in [2.75, 3.05) is 14.1 Å². The summed E-state index contributed by atoms with van der Waals surface area (Å²) in [6, 6.07) is 12.1. The van der Waals surface area contributed by atoms with Gasteiger partial charge < -0.3 is 14.3 Å². The number of aromatic nitrogens is 6. The van der Waals surface area contributed by atoms with Gasteiger partial charge in [-0.05, 0) is 61.6 Å². The molecule has 6 heterocycles. The third kappa shape index (κ3) is 3.46. The molecule has 0 bridgehead atoms. The second-order valence-electron chi connectivity index (χ2n) is 8.30. The van der Waals surface area contributed by atoms with Gasteiger partial charge in [-0.25, -0.2) is 9.97 Å². The maximum absolute atomic E-state index is 5.27. The summed E-state index contributed by atoms with van der Waals surface area (Å²) in [4.78, 5) is 19.4. The monoisotopic (exact) mass is 435 g/mol. The van der Waals surface area contributed by atoms with E-state index in [0.717, 1.165) is 67.9 Å². The molecule has 0 fully saturated rings. The minimum atomic E-state index is 0.750. The molecule has 0 atom stereocenters. The lowest BCUT2D eigenvalue weighted by Gasteiger charge is -2.10. The number of rotatable bonds is 5. The zero-order valence-corrected chi connectivity index (χ0v) is 18.2. The molecule has 33 heavy (non-hydrogen) atoms. The topological polar surface area (TPSA) is 99.5 Å². The highest BCUT2D eigenvalue weighted by molar-refractivity contribution is 5.98. The summed E-state index contributed by atoms with van der Waals surface area (Å²) in [7, 11) is 4.09. The predicted octanol–water partition coefficient (Wildman–Crippen LogP) is 4.88. The van der Waals surface area contributed by atoms with Crippen molar-refractivity contribution >= 4 is 22.1 Å². The van der Waals surface area contributed by atoms with Gasteiger partial charge in [-0.1, -0.05) is 0 Å². The second-order valence-corrected chi connectivity index (χ2v) is 8.30. The first-order valence-electron chi connectivity index (χ1n) is 10.6. The molecule has 0 radical (unpaired) electrons. The Morgan fingerprint density at radius 2 is 1.97 bits per heavy atom. The van der Waals surface area contributed by atoms with Gasteiger partial charge in [0.05, 0.1) is 29.4 Å². The van der Waals surface area contributed by atoms with Gasteiger partial charge in [-0.15, -0.1) is 0 Å². The largest absolute Gasteiger partial charge is 0.472 e. The maximum atomic E-state index is 5.27. The zero-order chi connectivity index (χ0) is 22.4. The molecule has 0 saturated heterocycles. The number of nitrogens with zero attached hydrogens (tertiary/aromatic N) is 5. The van der Waals surface area contributed by atoms with Gasteiger partial charge in [0, 0.05) is 41.6 Å². The molecule has 0 aliphatic carbocycles. The van der Waals surface area contributed by atoms with E-state index in [4.69, 9.17) is 9.40 Å². The molecule has 0 saturated carbocycles. The van der Waals surface area contributed by atoms with Crippen LogP contribution in [0, 0.1) is 0 Å². The van der Waals surface area contributed by atoms with Crippen LogP contribution in [0.2, 0.25) is 0 Å².